The summed E-state index contributed by atoms with van der Waals surface area (Å²) in [5, 5.41) is 2.45. The van der Waals surface area contributed by atoms with Crippen LogP contribution in [0.1, 0.15) is 47.2 Å². The lowest BCUT2D eigenvalue weighted by atomic mass is 9.67. The molecule has 0 fully saturated rings. The molecular weight excluding hydrogens is 773 g/mol. The van der Waals surface area contributed by atoms with Crippen molar-refractivity contribution in [1.29, 1.82) is 0 Å². The van der Waals surface area contributed by atoms with Gasteiger partial charge in [-0.05, 0) is 139 Å². The fourth-order valence-electron chi connectivity index (χ4n) is 10.9. The number of hydrogen-bond donors (Lipinski definition) is 0. The van der Waals surface area contributed by atoms with E-state index in [0.717, 1.165) is 34.1 Å². The molecule has 0 bridgehead atoms. The highest BCUT2D eigenvalue weighted by atomic mass is 15.1. The van der Waals surface area contributed by atoms with Crippen LogP contribution in [0.3, 0.4) is 0 Å². The van der Waals surface area contributed by atoms with Crippen LogP contribution in [0.4, 0.5) is 34.1 Å². The largest absolute Gasteiger partial charge is 0.310 e. The molecule has 0 saturated heterocycles. The molecule has 0 unspecified atom stereocenters. The lowest BCUT2D eigenvalue weighted by molar-refractivity contribution is 0.660. The Kier molecular flexibility index (Phi) is 8.77. The first-order valence-electron chi connectivity index (χ1n) is 22.3. The minimum atomic E-state index is -0.550. The summed E-state index contributed by atoms with van der Waals surface area (Å²) in [4.78, 5) is 4.78. The average molecular weight is 819 g/mol. The number of fused-ring (bicyclic) bond motifs is 7. The van der Waals surface area contributed by atoms with Gasteiger partial charge in [0.2, 0.25) is 0 Å². The van der Waals surface area contributed by atoms with E-state index < -0.39 is 5.41 Å². The summed E-state index contributed by atoms with van der Waals surface area (Å²) in [5.74, 6) is 0. The summed E-state index contributed by atoms with van der Waals surface area (Å²) in [7, 11) is 0. The van der Waals surface area contributed by atoms with Crippen LogP contribution >= 0.6 is 0 Å². The maximum Gasteiger partial charge on any atom is 0.0713 e. The monoisotopic (exact) mass is 818 g/mol. The first-order chi connectivity index (χ1) is 31.5. The van der Waals surface area contributed by atoms with Gasteiger partial charge in [0, 0.05) is 39.5 Å². The summed E-state index contributed by atoms with van der Waals surface area (Å²) in [6.45, 7) is 4.71. The van der Waals surface area contributed by atoms with Gasteiger partial charge in [0.1, 0.15) is 0 Å². The first-order valence-corrected chi connectivity index (χ1v) is 22.3. The predicted octanol–water partition coefficient (Wildman–Crippen LogP) is 16.4. The van der Waals surface area contributed by atoms with Crippen LogP contribution in [0.5, 0.6) is 0 Å². The SMILES string of the molecule is CC1(C)c2ccccc2-c2ccc(N(c3ccccc3)c3ccc(C4(c5ccc(N(c6ccccc6)c6ccc7ccccc7c6)cc5)c5ccccc5-c5ccccc54)cc3)cc21. The van der Waals surface area contributed by atoms with E-state index in [-0.39, 0.29) is 5.41 Å². The zero-order valence-corrected chi connectivity index (χ0v) is 36.0. The smallest absolute Gasteiger partial charge is 0.0713 e. The normalized spacial score (nSPS) is 13.7. The molecule has 0 heterocycles. The lowest BCUT2D eigenvalue weighted by Crippen LogP contribution is -2.28. The molecule has 2 nitrogen and oxygen atoms in total. The minimum Gasteiger partial charge on any atom is -0.310 e. The van der Waals surface area contributed by atoms with Gasteiger partial charge in [-0.3, -0.25) is 0 Å². The van der Waals surface area contributed by atoms with E-state index in [1.807, 2.05) is 0 Å². The Morgan fingerprint density at radius 2 is 0.641 bits per heavy atom. The second-order valence-electron chi connectivity index (χ2n) is 17.7. The molecule has 10 aromatic carbocycles. The van der Waals surface area contributed by atoms with Crippen molar-refractivity contribution < 1.29 is 0 Å². The Balaban J connectivity index is 1.00. The zero-order chi connectivity index (χ0) is 42.8. The summed E-state index contributed by atoms with van der Waals surface area (Å²) in [6, 6.07) is 89.5. The van der Waals surface area contributed by atoms with Crippen LogP contribution in [0.2, 0.25) is 0 Å². The van der Waals surface area contributed by atoms with E-state index in [1.165, 1.54) is 66.4 Å². The third kappa shape index (κ3) is 5.80. The summed E-state index contributed by atoms with van der Waals surface area (Å²) >= 11 is 0. The lowest BCUT2D eigenvalue weighted by Gasteiger charge is -2.35. The van der Waals surface area contributed by atoms with E-state index in [9.17, 15) is 0 Å². The van der Waals surface area contributed by atoms with Crippen LogP contribution in [-0.4, -0.2) is 0 Å². The van der Waals surface area contributed by atoms with Crippen LogP contribution in [0.15, 0.2) is 243 Å². The van der Waals surface area contributed by atoms with Crippen molar-refractivity contribution in [1.82, 2.24) is 0 Å². The standard InChI is InChI=1S/C62H46N2/c1-61(2)57-26-14-11-23-53(57)56-40-39-52(42-60(56)61)64(48-21-7-4-8-22-48)50-37-32-46(33-38-50)62(58-27-15-12-24-54(58)55-25-13-16-28-59(55)62)45-30-35-49(36-31-45)63(47-19-5-3-6-20-47)51-34-29-43-17-9-10-18-44(43)41-51/h3-42H,1-2H3. The number of benzene rings is 10. The van der Waals surface area contributed by atoms with Crippen molar-refractivity contribution in [3.8, 4) is 22.3 Å². The number of para-hydroxylation sites is 2. The maximum atomic E-state index is 2.42. The maximum absolute atomic E-state index is 2.42. The van der Waals surface area contributed by atoms with Crippen molar-refractivity contribution in [3.63, 3.8) is 0 Å². The van der Waals surface area contributed by atoms with E-state index >= 15 is 0 Å². The molecular formula is C62H46N2. The highest BCUT2D eigenvalue weighted by Gasteiger charge is 2.46. The molecule has 0 aliphatic heterocycles. The van der Waals surface area contributed by atoms with Gasteiger partial charge >= 0.3 is 0 Å². The van der Waals surface area contributed by atoms with Crippen molar-refractivity contribution in [2.45, 2.75) is 24.7 Å². The van der Waals surface area contributed by atoms with Gasteiger partial charge in [0.25, 0.3) is 0 Å². The number of rotatable bonds is 8. The zero-order valence-electron chi connectivity index (χ0n) is 36.0. The quantitative estimate of drug-likeness (QED) is 0.151. The molecule has 304 valence electrons. The van der Waals surface area contributed by atoms with Gasteiger partial charge in [-0.25, -0.2) is 0 Å². The minimum absolute atomic E-state index is 0.104. The Morgan fingerprint density at radius 1 is 0.266 bits per heavy atom. The van der Waals surface area contributed by atoms with Crippen molar-refractivity contribution in [2.75, 3.05) is 9.80 Å². The second kappa shape index (κ2) is 14.9. The van der Waals surface area contributed by atoms with E-state index in [2.05, 4.69) is 266 Å². The van der Waals surface area contributed by atoms with Crippen LogP contribution in [-0.2, 0) is 10.8 Å². The number of nitrogens with zero attached hydrogens (tertiary/aromatic N) is 2. The van der Waals surface area contributed by atoms with Crippen molar-refractivity contribution >= 4 is 44.9 Å². The molecule has 0 saturated carbocycles. The molecule has 2 aliphatic rings. The average Bonchev–Trinajstić information content (AvgIpc) is 3.78. The summed E-state index contributed by atoms with van der Waals surface area (Å²) in [6.07, 6.45) is 0. The first kappa shape index (κ1) is 37.8. The van der Waals surface area contributed by atoms with Gasteiger partial charge in [0.05, 0.1) is 5.41 Å². The van der Waals surface area contributed by atoms with Crippen molar-refractivity contribution in [3.05, 3.63) is 276 Å². The molecule has 0 amide bonds. The van der Waals surface area contributed by atoms with Crippen LogP contribution in [0.25, 0.3) is 33.0 Å². The molecule has 0 atom stereocenters. The van der Waals surface area contributed by atoms with E-state index in [0.29, 0.717) is 0 Å². The number of hydrogen-bond acceptors (Lipinski definition) is 2. The third-order valence-corrected chi connectivity index (χ3v) is 13.9. The van der Waals surface area contributed by atoms with E-state index in [1.54, 1.807) is 0 Å². The second-order valence-corrected chi connectivity index (χ2v) is 17.7. The van der Waals surface area contributed by atoms with Crippen LogP contribution < -0.4 is 9.80 Å². The Morgan fingerprint density at radius 3 is 1.19 bits per heavy atom. The van der Waals surface area contributed by atoms with Gasteiger partial charge in [-0.1, -0.05) is 184 Å². The summed E-state index contributed by atoms with van der Waals surface area (Å²) in [5.41, 5.74) is 19.1. The molecule has 0 aromatic heterocycles. The fraction of sp³-hybridized carbons (Fsp3) is 0.0645. The van der Waals surface area contributed by atoms with Gasteiger partial charge in [-0.2, -0.15) is 0 Å². The Bertz CT molecular complexity index is 3300. The highest BCUT2D eigenvalue weighted by Crippen LogP contribution is 2.57. The molecule has 2 heteroatoms. The summed E-state index contributed by atoms with van der Waals surface area (Å²) < 4.78 is 0. The molecule has 12 rings (SSSR count). The fourth-order valence-corrected chi connectivity index (χ4v) is 10.9. The molecule has 64 heavy (non-hydrogen) atoms. The molecule has 0 radical (unpaired) electrons. The molecule has 2 aliphatic carbocycles. The predicted molar refractivity (Wildman–Crippen MR) is 268 cm³/mol. The Hall–Kier alpha value is -7.94. The van der Waals surface area contributed by atoms with Crippen molar-refractivity contribution in [2.24, 2.45) is 0 Å². The highest BCUT2D eigenvalue weighted by molar-refractivity contribution is 5.91. The van der Waals surface area contributed by atoms with E-state index in [4.69, 9.17) is 0 Å². The van der Waals surface area contributed by atoms with Crippen LogP contribution in [0, 0.1) is 0 Å². The number of anilines is 6. The van der Waals surface area contributed by atoms with Gasteiger partial charge < -0.3 is 9.80 Å². The molecule has 0 N–H and O–H groups in total. The third-order valence-electron chi connectivity index (χ3n) is 13.9. The Labute approximate surface area is 376 Å². The molecule has 0 spiro atoms. The van der Waals surface area contributed by atoms with Gasteiger partial charge in [-0.15, -0.1) is 0 Å². The van der Waals surface area contributed by atoms with Gasteiger partial charge in [0.15, 0.2) is 0 Å². The topological polar surface area (TPSA) is 6.48 Å². The molecule has 10 aromatic rings.